The molecular weight excluding hydrogens is 235 g/mol. The molecule has 82 valence electrons. The van der Waals surface area contributed by atoms with Crippen molar-refractivity contribution < 1.29 is 4.84 Å². The first kappa shape index (κ1) is 12.3. The first-order valence-corrected chi connectivity index (χ1v) is 5.26. The summed E-state index contributed by atoms with van der Waals surface area (Å²) >= 11 is 11.7. The Morgan fingerprint density at radius 2 is 1.93 bits per heavy atom. The maximum Gasteiger partial charge on any atom is 0.123 e. The van der Waals surface area contributed by atoms with E-state index in [-0.39, 0.29) is 0 Å². The predicted octanol–water partition coefficient (Wildman–Crippen LogP) is 3.58. The van der Waals surface area contributed by atoms with Gasteiger partial charge < -0.3 is 0 Å². The van der Waals surface area contributed by atoms with Crippen LogP contribution >= 0.6 is 23.2 Å². The molecule has 0 heterocycles. The van der Waals surface area contributed by atoms with Gasteiger partial charge in [0.25, 0.3) is 0 Å². The lowest BCUT2D eigenvalue weighted by Crippen LogP contribution is -2.20. The third kappa shape index (κ3) is 4.51. The number of halogens is 2. The van der Waals surface area contributed by atoms with Gasteiger partial charge in [-0.05, 0) is 32.0 Å². The largest absolute Gasteiger partial charge is 0.275 e. The van der Waals surface area contributed by atoms with Crippen LogP contribution in [0.25, 0.3) is 0 Å². The van der Waals surface area contributed by atoms with Crippen molar-refractivity contribution in [3.05, 3.63) is 28.2 Å². The molecule has 0 amide bonds. The van der Waals surface area contributed by atoms with Crippen LogP contribution in [0.4, 0.5) is 5.69 Å². The third-order valence-corrected chi connectivity index (χ3v) is 1.94. The van der Waals surface area contributed by atoms with Crippen LogP contribution in [0.15, 0.2) is 23.2 Å². The summed E-state index contributed by atoms with van der Waals surface area (Å²) in [6.07, 6.45) is 0. The zero-order valence-corrected chi connectivity index (χ0v) is 10.1. The minimum Gasteiger partial charge on any atom is -0.275 e. The van der Waals surface area contributed by atoms with E-state index in [0.29, 0.717) is 28.2 Å². The van der Waals surface area contributed by atoms with Crippen LogP contribution in [0.3, 0.4) is 0 Å². The lowest BCUT2D eigenvalue weighted by atomic mass is 10.3. The van der Waals surface area contributed by atoms with E-state index in [2.05, 4.69) is 10.5 Å². The highest BCUT2D eigenvalue weighted by Gasteiger charge is 1.97. The molecule has 0 aliphatic carbocycles. The van der Waals surface area contributed by atoms with Crippen molar-refractivity contribution in [2.24, 2.45) is 4.99 Å². The average molecular weight is 247 g/mol. The predicted molar refractivity (Wildman–Crippen MR) is 64.0 cm³/mol. The molecule has 0 aliphatic heterocycles. The highest BCUT2D eigenvalue weighted by Crippen LogP contribution is 2.24. The zero-order chi connectivity index (χ0) is 11.3. The van der Waals surface area contributed by atoms with E-state index in [1.54, 1.807) is 25.1 Å². The van der Waals surface area contributed by atoms with E-state index in [1.807, 2.05) is 6.92 Å². The third-order valence-electron chi connectivity index (χ3n) is 1.51. The van der Waals surface area contributed by atoms with E-state index in [1.165, 1.54) is 0 Å². The Hall–Kier alpha value is -0.770. The topological polar surface area (TPSA) is 33.6 Å². The van der Waals surface area contributed by atoms with E-state index < -0.39 is 0 Å². The van der Waals surface area contributed by atoms with Gasteiger partial charge in [0, 0.05) is 10.0 Å². The fourth-order valence-electron chi connectivity index (χ4n) is 0.997. The molecule has 0 unspecified atom stereocenters. The van der Waals surface area contributed by atoms with Crippen molar-refractivity contribution >= 4 is 34.7 Å². The number of rotatable bonds is 3. The Morgan fingerprint density at radius 1 is 1.33 bits per heavy atom. The number of hydroxylamine groups is 1. The van der Waals surface area contributed by atoms with Crippen LogP contribution in [0.1, 0.15) is 13.8 Å². The average Bonchev–Trinajstić information content (AvgIpc) is 2.13. The van der Waals surface area contributed by atoms with Gasteiger partial charge in [0.15, 0.2) is 0 Å². The molecule has 0 radical (unpaired) electrons. The van der Waals surface area contributed by atoms with E-state index in [9.17, 15) is 0 Å². The second-order valence-electron chi connectivity index (χ2n) is 2.86. The SMILES string of the molecule is CCONC(C)=Nc1cc(Cl)cc(Cl)c1. The summed E-state index contributed by atoms with van der Waals surface area (Å²) in [6, 6.07) is 5.11. The second-order valence-corrected chi connectivity index (χ2v) is 3.73. The van der Waals surface area contributed by atoms with Crippen molar-refractivity contribution in [1.29, 1.82) is 0 Å². The normalized spacial score (nSPS) is 11.6. The van der Waals surface area contributed by atoms with Gasteiger partial charge in [-0.2, -0.15) is 0 Å². The Labute approximate surface area is 99.0 Å². The summed E-state index contributed by atoms with van der Waals surface area (Å²) in [7, 11) is 0. The number of nitrogens with one attached hydrogen (secondary N) is 1. The van der Waals surface area contributed by atoms with Crippen LogP contribution in [-0.4, -0.2) is 12.4 Å². The van der Waals surface area contributed by atoms with Crippen molar-refractivity contribution in [2.45, 2.75) is 13.8 Å². The molecule has 0 aromatic heterocycles. The number of aliphatic imine (C=N–C) groups is 1. The Balaban J connectivity index is 2.78. The number of hydrogen-bond acceptors (Lipinski definition) is 2. The number of hydrogen-bond donors (Lipinski definition) is 1. The van der Waals surface area contributed by atoms with Gasteiger partial charge >= 0.3 is 0 Å². The van der Waals surface area contributed by atoms with Crippen LogP contribution in [0, 0.1) is 0 Å². The summed E-state index contributed by atoms with van der Waals surface area (Å²) in [5, 5.41) is 1.12. The van der Waals surface area contributed by atoms with Crippen molar-refractivity contribution in [3.63, 3.8) is 0 Å². The number of nitrogens with zero attached hydrogens (tertiary/aromatic N) is 1. The van der Waals surface area contributed by atoms with Gasteiger partial charge in [0.1, 0.15) is 5.84 Å². The Bertz CT molecular complexity index is 346. The summed E-state index contributed by atoms with van der Waals surface area (Å²) < 4.78 is 0. The summed E-state index contributed by atoms with van der Waals surface area (Å²) in [5.41, 5.74) is 3.38. The Kier molecular flexibility index (Phi) is 4.88. The first-order valence-electron chi connectivity index (χ1n) is 4.51. The monoisotopic (exact) mass is 246 g/mol. The van der Waals surface area contributed by atoms with E-state index in [0.717, 1.165) is 0 Å². The van der Waals surface area contributed by atoms with Gasteiger partial charge in [-0.1, -0.05) is 23.2 Å². The van der Waals surface area contributed by atoms with Gasteiger partial charge in [0.2, 0.25) is 0 Å². The Morgan fingerprint density at radius 3 is 2.47 bits per heavy atom. The van der Waals surface area contributed by atoms with Gasteiger partial charge in [0.05, 0.1) is 12.3 Å². The van der Waals surface area contributed by atoms with E-state index >= 15 is 0 Å². The molecule has 0 saturated heterocycles. The highest BCUT2D eigenvalue weighted by molar-refractivity contribution is 6.35. The fourth-order valence-corrected chi connectivity index (χ4v) is 1.51. The van der Waals surface area contributed by atoms with Crippen LogP contribution in [-0.2, 0) is 4.84 Å². The molecule has 0 aliphatic rings. The minimum atomic E-state index is 0.561. The van der Waals surface area contributed by atoms with E-state index in [4.69, 9.17) is 28.0 Å². The maximum absolute atomic E-state index is 5.83. The lowest BCUT2D eigenvalue weighted by molar-refractivity contribution is 0.0965. The standard InChI is InChI=1S/C10H12Cl2N2O/c1-3-15-14-7(2)13-10-5-8(11)4-9(12)6-10/h4-6H,3H2,1-2H3,(H,13,14). The van der Waals surface area contributed by atoms with Gasteiger partial charge in [-0.15, -0.1) is 0 Å². The molecule has 3 nitrogen and oxygen atoms in total. The summed E-state index contributed by atoms with van der Waals surface area (Å²) in [5.74, 6) is 0.648. The minimum absolute atomic E-state index is 0.561. The van der Waals surface area contributed by atoms with Gasteiger partial charge in [-0.25, -0.2) is 4.99 Å². The maximum atomic E-state index is 5.83. The molecule has 1 aromatic carbocycles. The van der Waals surface area contributed by atoms with Crippen molar-refractivity contribution in [3.8, 4) is 0 Å². The second kappa shape index (κ2) is 5.95. The van der Waals surface area contributed by atoms with Crippen molar-refractivity contribution in [1.82, 2.24) is 5.48 Å². The van der Waals surface area contributed by atoms with Gasteiger partial charge in [-0.3, -0.25) is 10.3 Å². The summed E-state index contributed by atoms with van der Waals surface area (Å²) in [4.78, 5) is 9.21. The molecule has 5 heteroatoms. The summed E-state index contributed by atoms with van der Waals surface area (Å²) in [6.45, 7) is 4.25. The molecule has 0 saturated carbocycles. The first-order chi connectivity index (χ1) is 7.11. The highest BCUT2D eigenvalue weighted by atomic mass is 35.5. The van der Waals surface area contributed by atoms with Crippen LogP contribution < -0.4 is 5.48 Å². The van der Waals surface area contributed by atoms with Crippen LogP contribution in [0.2, 0.25) is 10.0 Å². The molecule has 0 bridgehead atoms. The molecule has 1 N–H and O–H groups in total. The molecule has 1 rings (SSSR count). The molecule has 15 heavy (non-hydrogen) atoms. The fraction of sp³-hybridized carbons (Fsp3) is 0.300. The molecule has 1 aromatic rings. The quantitative estimate of drug-likeness (QED) is 0.503. The number of amidine groups is 1. The number of benzene rings is 1. The zero-order valence-electron chi connectivity index (χ0n) is 8.55. The molecular formula is C10H12Cl2N2O. The molecule has 0 fully saturated rings. The molecule has 0 spiro atoms. The lowest BCUT2D eigenvalue weighted by Gasteiger charge is -2.04. The molecule has 0 atom stereocenters. The smallest absolute Gasteiger partial charge is 0.123 e. The van der Waals surface area contributed by atoms with Crippen molar-refractivity contribution in [2.75, 3.05) is 6.61 Å². The van der Waals surface area contributed by atoms with Crippen LogP contribution in [0.5, 0.6) is 0 Å².